The molecule has 5 nitrogen and oxygen atoms in total. The van der Waals surface area contributed by atoms with Crippen molar-refractivity contribution in [2.24, 2.45) is 0 Å². The zero-order chi connectivity index (χ0) is 15.0. The summed E-state index contributed by atoms with van der Waals surface area (Å²) in [5, 5.41) is 11.3. The maximum Gasteiger partial charge on any atom is 0.317 e. The number of hydrogen-bond donors (Lipinski definition) is 2. The molecule has 20 heavy (non-hydrogen) atoms. The average molecular weight is 282 g/mol. The normalized spacial score (nSPS) is 10.1. The summed E-state index contributed by atoms with van der Waals surface area (Å²) in [5.74, 6) is -1.23. The van der Waals surface area contributed by atoms with Gasteiger partial charge in [-0.25, -0.2) is 9.18 Å². The Morgan fingerprint density at radius 1 is 1.40 bits per heavy atom. The standard InChI is InChI=1S/C14H19FN2O3/c1-2-17(9-7-13(18)19)14(20)16-8-6-11-4-3-5-12(15)10-11/h3-5,10H,2,6-9H2,1H3,(H,16,20)(H,18,19). The Kier molecular flexibility index (Phi) is 6.49. The number of carboxylic acids is 1. The highest BCUT2D eigenvalue weighted by Gasteiger charge is 2.12. The largest absolute Gasteiger partial charge is 0.481 e. The first-order chi connectivity index (χ1) is 9.52. The minimum absolute atomic E-state index is 0.0782. The molecule has 0 spiro atoms. The quantitative estimate of drug-likeness (QED) is 0.802. The molecule has 0 atom stereocenters. The Morgan fingerprint density at radius 2 is 2.15 bits per heavy atom. The van der Waals surface area contributed by atoms with Crippen molar-refractivity contribution in [2.45, 2.75) is 19.8 Å². The highest BCUT2D eigenvalue weighted by Crippen LogP contribution is 2.03. The van der Waals surface area contributed by atoms with Crippen LogP contribution in [0.25, 0.3) is 0 Å². The van der Waals surface area contributed by atoms with Gasteiger partial charge in [0.05, 0.1) is 6.42 Å². The molecule has 0 aliphatic rings. The van der Waals surface area contributed by atoms with Crippen molar-refractivity contribution in [1.82, 2.24) is 10.2 Å². The first-order valence-electron chi connectivity index (χ1n) is 6.52. The SMILES string of the molecule is CCN(CCC(=O)O)C(=O)NCCc1cccc(F)c1. The van der Waals surface area contributed by atoms with E-state index in [0.717, 1.165) is 5.56 Å². The number of amides is 2. The Hall–Kier alpha value is -2.11. The molecule has 2 N–H and O–H groups in total. The minimum atomic E-state index is -0.934. The third-order valence-electron chi connectivity index (χ3n) is 2.84. The lowest BCUT2D eigenvalue weighted by molar-refractivity contribution is -0.137. The monoisotopic (exact) mass is 282 g/mol. The lowest BCUT2D eigenvalue weighted by Crippen LogP contribution is -2.41. The van der Waals surface area contributed by atoms with Crippen molar-refractivity contribution in [3.63, 3.8) is 0 Å². The van der Waals surface area contributed by atoms with Gasteiger partial charge in [-0.1, -0.05) is 12.1 Å². The molecule has 0 unspecified atom stereocenters. The number of urea groups is 1. The minimum Gasteiger partial charge on any atom is -0.481 e. The van der Waals surface area contributed by atoms with E-state index in [1.54, 1.807) is 19.1 Å². The Labute approximate surface area is 117 Å². The van der Waals surface area contributed by atoms with Gasteiger partial charge in [0.1, 0.15) is 5.82 Å². The number of carboxylic acid groups (broad SMARTS) is 1. The fourth-order valence-corrected chi connectivity index (χ4v) is 1.75. The second-order valence-electron chi connectivity index (χ2n) is 4.34. The van der Waals surface area contributed by atoms with Gasteiger partial charge >= 0.3 is 12.0 Å². The zero-order valence-corrected chi connectivity index (χ0v) is 11.4. The van der Waals surface area contributed by atoms with E-state index >= 15 is 0 Å². The van der Waals surface area contributed by atoms with E-state index in [2.05, 4.69) is 5.32 Å². The van der Waals surface area contributed by atoms with E-state index in [9.17, 15) is 14.0 Å². The molecule has 0 heterocycles. The van der Waals surface area contributed by atoms with Crippen LogP contribution in [0.4, 0.5) is 9.18 Å². The Bertz CT molecular complexity index is 465. The number of carbonyl (C=O) groups is 2. The molecule has 0 aliphatic carbocycles. The first kappa shape index (κ1) is 15.9. The molecule has 0 bridgehead atoms. The van der Waals surface area contributed by atoms with E-state index < -0.39 is 5.97 Å². The van der Waals surface area contributed by atoms with Crippen LogP contribution in [-0.4, -0.2) is 41.6 Å². The zero-order valence-electron chi connectivity index (χ0n) is 11.4. The van der Waals surface area contributed by atoms with Gasteiger partial charge in [0.15, 0.2) is 0 Å². The van der Waals surface area contributed by atoms with E-state index in [0.29, 0.717) is 19.5 Å². The predicted octanol–water partition coefficient (Wildman–Crippen LogP) is 1.87. The summed E-state index contributed by atoms with van der Waals surface area (Å²) < 4.78 is 13.0. The fourth-order valence-electron chi connectivity index (χ4n) is 1.75. The highest BCUT2D eigenvalue weighted by atomic mass is 19.1. The van der Waals surface area contributed by atoms with Crippen molar-refractivity contribution in [1.29, 1.82) is 0 Å². The average Bonchev–Trinajstić information content (AvgIpc) is 2.39. The van der Waals surface area contributed by atoms with Crippen molar-refractivity contribution in [2.75, 3.05) is 19.6 Å². The van der Waals surface area contributed by atoms with Gasteiger partial charge in [-0.05, 0) is 31.0 Å². The van der Waals surface area contributed by atoms with Crippen molar-refractivity contribution < 1.29 is 19.1 Å². The van der Waals surface area contributed by atoms with Crippen molar-refractivity contribution in [3.05, 3.63) is 35.6 Å². The lowest BCUT2D eigenvalue weighted by Gasteiger charge is -2.20. The number of carbonyl (C=O) groups excluding carboxylic acids is 1. The molecule has 0 saturated carbocycles. The number of rotatable bonds is 7. The molecule has 110 valence electrons. The summed E-state index contributed by atoms with van der Waals surface area (Å²) in [6.45, 7) is 2.79. The van der Waals surface area contributed by atoms with Crippen LogP contribution in [0.15, 0.2) is 24.3 Å². The summed E-state index contributed by atoms with van der Waals surface area (Å²) in [6.07, 6.45) is 0.450. The van der Waals surface area contributed by atoms with Crippen molar-refractivity contribution in [3.8, 4) is 0 Å². The van der Waals surface area contributed by atoms with Gasteiger partial charge < -0.3 is 15.3 Å². The molecule has 1 aromatic rings. The summed E-state index contributed by atoms with van der Waals surface area (Å²) in [7, 11) is 0. The number of aliphatic carboxylic acids is 1. The molecular formula is C14H19FN2O3. The molecule has 2 amide bonds. The van der Waals surface area contributed by atoms with Gasteiger partial charge in [0.25, 0.3) is 0 Å². The van der Waals surface area contributed by atoms with E-state index in [-0.39, 0.29) is 24.8 Å². The Morgan fingerprint density at radius 3 is 2.75 bits per heavy atom. The van der Waals surface area contributed by atoms with E-state index in [1.807, 2.05) is 0 Å². The van der Waals surface area contributed by atoms with Crippen LogP contribution in [0.3, 0.4) is 0 Å². The van der Waals surface area contributed by atoms with Crippen LogP contribution in [0.2, 0.25) is 0 Å². The number of benzene rings is 1. The van der Waals surface area contributed by atoms with Gasteiger partial charge in [-0.3, -0.25) is 4.79 Å². The molecule has 0 aromatic heterocycles. The summed E-state index contributed by atoms with van der Waals surface area (Å²) >= 11 is 0. The third kappa shape index (κ3) is 5.69. The summed E-state index contributed by atoms with van der Waals surface area (Å²) in [5.41, 5.74) is 0.805. The molecule has 6 heteroatoms. The van der Waals surface area contributed by atoms with Crippen LogP contribution in [0, 0.1) is 5.82 Å². The fraction of sp³-hybridized carbons (Fsp3) is 0.429. The number of nitrogens with zero attached hydrogens (tertiary/aromatic N) is 1. The first-order valence-corrected chi connectivity index (χ1v) is 6.52. The summed E-state index contributed by atoms with van der Waals surface area (Å²) in [6, 6.07) is 5.90. The molecule has 0 radical (unpaired) electrons. The van der Waals surface area contributed by atoms with Gasteiger partial charge in [0, 0.05) is 19.6 Å². The molecule has 0 saturated heterocycles. The maximum atomic E-state index is 13.0. The van der Waals surface area contributed by atoms with Gasteiger partial charge in [-0.15, -0.1) is 0 Å². The topological polar surface area (TPSA) is 69.6 Å². The second-order valence-corrected chi connectivity index (χ2v) is 4.34. The number of nitrogens with one attached hydrogen (secondary N) is 1. The third-order valence-corrected chi connectivity index (χ3v) is 2.84. The number of hydrogen-bond acceptors (Lipinski definition) is 2. The molecule has 1 rings (SSSR count). The second kappa shape index (κ2) is 8.14. The van der Waals surface area contributed by atoms with Gasteiger partial charge in [-0.2, -0.15) is 0 Å². The van der Waals surface area contributed by atoms with Crippen LogP contribution < -0.4 is 5.32 Å². The molecule has 1 aromatic carbocycles. The van der Waals surface area contributed by atoms with Crippen LogP contribution in [0.5, 0.6) is 0 Å². The highest BCUT2D eigenvalue weighted by molar-refractivity contribution is 5.75. The van der Waals surface area contributed by atoms with Gasteiger partial charge in [0.2, 0.25) is 0 Å². The van der Waals surface area contributed by atoms with Crippen LogP contribution >= 0.6 is 0 Å². The Balaban J connectivity index is 2.36. The van der Waals surface area contributed by atoms with E-state index in [1.165, 1.54) is 17.0 Å². The summed E-state index contributed by atoms with van der Waals surface area (Å²) in [4.78, 5) is 23.7. The predicted molar refractivity (Wildman–Crippen MR) is 73.0 cm³/mol. The lowest BCUT2D eigenvalue weighted by atomic mass is 10.1. The molecular weight excluding hydrogens is 263 g/mol. The smallest absolute Gasteiger partial charge is 0.317 e. The molecule has 0 fully saturated rings. The van der Waals surface area contributed by atoms with Crippen LogP contribution in [-0.2, 0) is 11.2 Å². The van der Waals surface area contributed by atoms with Crippen molar-refractivity contribution >= 4 is 12.0 Å². The maximum absolute atomic E-state index is 13.0. The number of halogens is 1. The molecule has 0 aliphatic heterocycles. The van der Waals surface area contributed by atoms with Crippen LogP contribution in [0.1, 0.15) is 18.9 Å². The van der Waals surface area contributed by atoms with E-state index in [4.69, 9.17) is 5.11 Å².